The number of para-hydroxylation sites is 2. The van der Waals surface area contributed by atoms with Gasteiger partial charge in [-0.3, -0.25) is 9.69 Å². The molecule has 2 heterocycles. The highest BCUT2D eigenvalue weighted by Gasteiger charge is 2.34. The summed E-state index contributed by atoms with van der Waals surface area (Å²) in [6.45, 7) is 0. The number of nitrogens with zero attached hydrogens (tertiary/aromatic N) is 2. The summed E-state index contributed by atoms with van der Waals surface area (Å²) < 4.78 is 0. The molecule has 0 spiro atoms. The van der Waals surface area contributed by atoms with Gasteiger partial charge in [0.15, 0.2) is 0 Å². The van der Waals surface area contributed by atoms with E-state index in [1.165, 1.54) is 0 Å². The lowest BCUT2D eigenvalue weighted by Gasteiger charge is -2.18. The topological polar surface area (TPSA) is 33.2 Å². The van der Waals surface area contributed by atoms with Crippen molar-refractivity contribution in [2.45, 2.75) is 0 Å². The van der Waals surface area contributed by atoms with Crippen LogP contribution < -0.4 is 4.90 Å². The molecular formula is C20H11ClN2O. The van der Waals surface area contributed by atoms with Gasteiger partial charge in [-0.2, -0.15) is 0 Å². The number of rotatable bonds is 1. The van der Waals surface area contributed by atoms with E-state index in [1.54, 1.807) is 11.0 Å². The van der Waals surface area contributed by atoms with E-state index in [-0.39, 0.29) is 5.91 Å². The summed E-state index contributed by atoms with van der Waals surface area (Å²) in [5.41, 5.74) is 3.87. The first kappa shape index (κ1) is 13.5. The highest BCUT2D eigenvalue weighted by molar-refractivity contribution is 6.37. The monoisotopic (exact) mass is 330 g/mol. The fraction of sp³-hybridized carbons (Fsp3) is 0. The van der Waals surface area contributed by atoms with Crippen LogP contribution in [0, 0.1) is 0 Å². The molecule has 0 unspecified atom stereocenters. The normalized spacial score (nSPS) is 13.2. The van der Waals surface area contributed by atoms with Gasteiger partial charge in [0.2, 0.25) is 0 Å². The number of benzene rings is 3. The van der Waals surface area contributed by atoms with Crippen LogP contribution in [0.3, 0.4) is 0 Å². The second-order valence-electron chi connectivity index (χ2n) is 5.77. The van der Waals surface area contributed by atoms with Crippen molar-refractivity contribution in [1.82, 2.24) is 4.98 Å². The molecule has 114 valence electrons. The number of anilines is 2. The molecular weight excluding hydrogens is 320 g/mol. The molecule has 0 N–H and O–H groups in total. The van der Waals surface area contributed by atoms with Gasteiger partial charge < -0.3 is 0 Å². The fourth-order valence-electron chi connectivity index (χ4n) is 3.43. The zero-order valence-electron chi connectivity index (χ0n) is 12.5. The van der Waals surface area contributed by atoms with Crippen LogP contribution in [0.4, 0.5) is 11.4 Å². The van der Waals surface area contributed by atoms with Gasteiger partial charge in [-0.15, -0.1) is 0 Å². The van der Waals surface area contributed by atoms with Gasteiger partial charge in [0.05, 0.1) is 33.0 Å². The van der Waals surface area contributed by atoms with Crippen molar-refractivity contribution < 1.29 is 4.79 Å². The van der Waals surface area contributed by atoms with E-state index in [0.717, 1.165) is 27.5 Å². The van der Waals surface area contributed by atoms with Crippen LogP contribution >= 0.6 is 11.6 Å². The molecule has 24 heavy (non-hydrogen) atoms. The maximum absolute atomic E-state index is 13.3. The third-order valence-electron chi connectivity index (χ3n) is 4.44. The van der Waals surface area contributed by atoms with Gasteiger partial charge >= 0.3 is 0 Å². The summed E-state index contributed by atoms with van der Waals surface area (Å²) in [5, 5.41) is 2.31. The number of aromatic nitrogens is 1. The Morgan fingerprint density at radius 2 is 1.50 bits per heavy atom. The van der Waals surface area contributed by atoms with Crippen LogP contribution in [0.25, 0.3) is 21.8 Å². The van der Waals surface area contributed by atoms with E-state index >= 15 is 0 Å². The minimum atomic E-state index is -0.0621. The largest absolute Gasteiger partial charge is 0.275 e. The van der Waals surface area contributed by atoms with Crippen molar-refractivity contribution >= 4 is 50.7 Å². The van der Waals surface area contributed by atoms with Gasteiger partial charge in [-0.1, -0.05) is 48.0 Å². The van der Waals surface area contributed by atoms with Crippen molar-refractivity contribution in [3.8, 4) is 0 Å². The molecule has 0 saturated carbocycles. The minimum absolute atomic E-state index is 0.0621. The predicted octanol–water partition coefficient (Wildman–Crippen LogP) is 5.33. The standard InChI is InChI=1S/C20H11ClN2O/c21-13-7-2-4-10-16(13)23-17-11-5-9-15-19(17)18(20(23)24)12-6-1-3-8-14(12)22-15/h1-11H. The fourth-order valence-corrected chi connectivity index (χ4v) is 3.65. The molecule has 0 radical (unpaired) electrons. The Kier molecular flexibility index (Phi) is 2.70. The molecule has 4 aromatic rings. The molecule has 5 rings (SSSR count). The number of pyridine rings is 1. The highest BCUT2D eigenvalue weighted by atomic mass is 35.5. The molecule has 4 heteroatoms. The average molecular weight is 331 g/mol. The van der Waals surface area contributed by atoms with Crippen LogP contribution in [-0.4, -0.2) is 10.9 Å². The number of hydrogen-bond donors (Lipinski definition) is 0. The van der Waals surface area contributed by atoms with Crippen molar-refractivity contribution in [3.05, 3.63) is 77.3 Å². The number of hydrogen-bond acceptors (Lipinski definition) is 2. The van der Waals surface area contributed by atoms with E-state index in [4.69, 9.17) is 16.6 Å². The molecule has 0 saturated heterocycles. The lowest BCUT2D eigenvalue weighted by molar-refractivity contribution is 0.101. The predicted molar refractivity (Wildman–Crippen MR) is 97.2 cm³/mol. The quantitative estimate of drug-likeness (QED) is 0.442. The van der Waals surface area contributed by atoms with Crippen LogP contribution in [-0.2, 0) is 0 Å². The summed E-state index contributed by atoms with van der Waals surface area (Å²) in [5.74, 6) is -0.0621. The first-order valence-electron chi connectivity index (χ1n) is 7.66. The SMILES string of the molecule is O=C1c2c3ccccc3nc3cccc(c23)N1c1ccccc1Cl. The van der Waals surface area contributed by atoms with Gasteiger partial charge in [-0.25, -0.2) is 4.98 Å². The van der Waals surface area contributed by atoms with Crippen LogP contribution in [0.15, 0.2) is 66.7 Å². The summed E-state index contributed by atoms with van der Waals surface area (Å²) in [6, 6.07) is 20.9. The Labute approximate surface area is 143 Å². The molecule has 1 amide bonds. The lowest BCUT2D eigenvalue weighted by atomic mass is 10.0. The summed E-state index contributed by atoms with van der Waals surface area (Å²) in [6.07, 6.45) is 0. The minimum Gasteiger partial charge on any atom is -0.275 e. The first-order chi connectivity index (χ1) is 11.8. The van der Waals surface area contributed by atoms with Crippen molar-refractivity contribution in [1.29, 1.82) is 0 Å². The number of amides is 1. The van der Waals surface area contributed by atoms with Crippen molar-refractivity contribution in [2.75, 3.05) is 4.90 Å². The van der Waals surface area contributed by atoms with E-state index in [0.29, 0.717) is 16.3 Å². The van der Waals surface area contributed by atoms with E-state index in [2.05, 4.69) is 0 Å². The average Bonchev–Trinajstić information content (AvgIpc) is 2.90. The van der Waals surface area contributed by atoms with Crippen molar-refractivity contribution in [3.63, 3.8) is 0 Å². The highest BCUT2D eigenvalue weighted by Crippen LogP contribution is 2.45. The Hall–Kier alpha value is -2.91. The summed E-state index contributed by atoms with van der Waals surface area (Å²) in [7, 11) is 0. The smallest absolute Gasteiger partial charge is 0.264 e. The zero-order chi connectivity index (χ0) is 16.3. The molecule has 1 aliphatic rings. The first-order valence-corrected chi connectivity index (χ1v) is 8.04. The number of carbonyl (C=O) groups is 1. The van der Waals surface area contributed by atoms with Crippen LogP contribution in [0.5, 0.6) is 0 Å². The van der Waals surface area contributed by atoms with Gasteiger partial charge in [0, 0.05) is 10.8 Å². The lowest BCUT2D eigenvalue weighted by Crippen LogP contribution is -2.21. The van der Waals surface area contributed by atoms with Crippen molar-refractivity contribution in [2.24, 2.45) is 0 Å². The van der Waals surface area contributed by atoms with Crippen LogP contribution in [0.2, 0.25) is 5.02 Å². The summed E-state index contributed by atoms with van der Waals surface area (Å²) >= 11 is 6.36. The Balaban J connectivity index is 1.92. The second kappa shape index (κ2) is 4.79. The molecule has 0 aliphatic carbocycles. The molecule has 0 fully saturated rings. The van der Waals surface area contributed by atoms with Gasteiger partial charge in [-0.05, 0) is 30.3 Å². The van der Waals surface area contributed by atoms with Crippen LogP contribution in [0.1, 0.15) is 10.4 Å². The van der Waals surface area contributed by atoms with E-state index in [1.807, 2.05) is 60.7 Å². The van der Waals surface area contributed by atoms with Gasteiger partial charge in [0.25, 0.3) is 5.91 Å². The third kappa shape index (κ3) is 1.67. The maximum atomic E-state index is 13.3. The molecule has 1 aliphatic heterocycles. The zero-order valence-corrected chi connectivity index (χ0v) is 13.3. The van der Waals surface area contributed by atoms with Gasteiger partial charge in [0.1, 0.15) is 0 Å². The Bertz CT molecular complexity index is 1150. The maximum Gasteiger partial charge on any atom is 0.264 e. The Morgan fingerprint density at radius 3 is 2.38 bits per heavy atom. The Morgan fingerprint density at radius 1 is 0.792 bits per heavy atom. The molecule has 1 aromatic heterocycles. The number of fused-ring (bicyclic) bond motifs is 2. The molecule has 0 atom stereocenters. The molecule has 3 nitrogen and oxygen atoms in total. The molecule has 0 bridgehead atoms. The molecule has 3 aromatic carbocycles. The summed E-state index contributed by atoms with van der Waals surface area (Å²) in [4.78, 5) is 19.7. The second-order valence-corrected chi connectivity index (χ2v) is 6.17. The number of halogens is 1. The third-order valence-corrected chi connectivity index (χ3v) is 4.76. The van der Waals surface area contributed by atoms with E-state index < -0.39 is 0 Å². The van der Waals surface area contributed by atoms with E-state index in [9.17, 15) is 4.79 Å². The number of carbonyl (C=O) groups excluding carboxylic acids is 1.